The van der Waals surface area contributed by atoms with Gasteiger partial charge in [-0.25, -0.2) is 4.98 Å². The Bertz CT molecular complexity index is 668. The third-order valence-corrected chi connectivity index (χ3v) is 3.95. The van der Waals surface area contributed by atoms with Crippen LogP contribution in [0.1, 0.15) is 11.5 Å². The van der Waals surface area contributed by atoms with Gasteiger partial charge in [0.1, 0.15) is 11.5 Å². The van der Waals surface area contributed by atoms with Crippen LogP contribution >= 0.6 is 11.6 Å². The molecule has 0 aliphatic carbocycles. The minimum atomic E-state index is -1.51. The van der Waals surface area contributed by atoms with E-state index in [0.29, 0.717) is 22.4 Å². The van der Waals surface area contributed by atoms with E-state index in [2.05, 4.69) is 4.98 Å². The van der Waals surface area contributed by atoms with Gasteiger partial charge >= 0.3 is 5.97 Å². The molecule has 2 rings (SSSR count). The molecule has 20 heavy (non-hydrogen) atoms. The molecule has 106 valence electrons. The van der Waals surface area contributed by atoms with Gasteiger partial charge in [-0.1, -0.05) is 17.7 Å². The Balaban J connectivity index is 2.21. The van der Waals surface area contributed by atoms with Gasteiger partial charge in [-0.15, -0.1) is 0 Å². The minimum Gasteiger partial charge on any atom is -0.481 e. The zero-order valence-electron chi connectivity index (χ0n) is 10.6. The van der Waals surface area contributed by atoms with E-state index in [0.717, 1.165) is 5.56 Å². The molecule has 1 aromatic carbocycles. The first-order chi connectivity index (χ1) is 9.45. The van der Waals surface area contributed by atoms with Crippen LogP contribution in [-0.2, 0) is 21.3 Å². The molecule has 1 unspecified atom stereocenters. The molecular weight excluding hydrogens is 302 g/mol. The molecule has 0 amide bonds. The number of aliphatic carboxylic acids is 1. The summed E-state index contributed by atoms with van der Waals surface area (Å²) in [6.45, 7) is 1.70. The first kappa shape index (κ1) is 14.7. The van der Waals surface area contributed by atoms with E-state index in [-0.39, 0.29) is 5.75 Å². The van der Waals surface area contributed by atoms with Gasteiger partial charge in [0, 0.05) is 21.4 Å². The van der Waals surface area contributed by atoms with Crippen LogP contribution in [0.25, 0.3) is 11.5 Å². The molecular formula is C13H12ClNO4S. The minimum absolute atomic E-state index is 0.0577. The van der Waals surface area contributed by atoms with Crippen LogP contribution in [0.3, 0.4) is 0 Å². The lowest BCUT2D eigenvalue weighted by Crippen LogP contribution is -2.11. The van der Waals surface area contributed by atoms with E-state index >= 15 is 0 Å². The van der Waals surface area contributed by atoms with Crippen molar-refractivity contribution >= 4 is 28.4 Å². The zero-order chi connectivity index (χ0) is 14.7. The molecule has 0 saturated carbocycles. The lowest BCUT2D eigenvalue weighted by molar-refractivity contribution is -0.133. The van der Waals surface area contributed by atoms with E-state index < -0.39 is 22.5 Å². The molecule has 1 aromatic heterocycles. The highest BCUT2D eigenvalue weighted by molar-refractivity contribution is 7.84. The van der Waals surface area contributed by atoms with Crippen molar-refractivity contribution in [1.82, 2.24) is 4.98 Å². The molecule has 0 saturated heterocycles. The lowest BCUT2D eigenvalue weighted by atomic mass is 10.2. The standard InChI is InChI=1S/C13H12ClNO4S/c1-8-11(6-20(18)7-12(16)17)15-13(19-8)9-3-2-4-10(14)5-9/h2-5H,6-7H2,1H3,(H,16,17). The second-order valence-corrected chi connectivity index (χ2v) is 6.05. The van der Waals surface area contributed by atoms with Gasteiger partial charge in [0.25, 0.3) is 0 Å². The molecule has 1 heterocycles. The molecule has 0 aliphatic rings. The number of nitrogens with zero attached hydrogens (tertiary/aromatic N) is 1. The fourth-order valence-electron chi connectivity index (χ4n) is 1.65. The van der Waals surface area contributed by atoms with Crippen molar-refractivity contribution in [2.24, 2.45) is 0 Å². The number of hydrogen-bond donors (Lipinski definition) is 1. The molecule has 5 nitrogen and oxygen atoms in total. The summed E-state index contributed by atoms with van der Waals surface area (Å²) >= 11 is 5.90. The Morgan fingerprint density at radius 2 is 2.25 bits per heavy atom. The van der Waals surface area contributed by atoms with Crippen molar-refractivity contribution in [3.63, 3.8) is 0 Å². The highest BCUT2D eigenvalue weighted by atomic mass is 35.5. The zero-order valence-corrected chi connectivity index (χ0v) is 12.2. The van der Waals surface area contributed by atoms with E-state index in [4.69, 9.17) is 21.1 Å². The van der Waals surface area contributed by atoms with Crippen LogP contribution in [0, 0.1) is 6.92 Å². The van der Waals surface area contributed by atoms with Gasteiger partial charge in [-0.05, 0) is 25.1 Å². The van der Waals surface area contributed by atoms with Crippen LogP contribution in [0.4, 0.5) is 0 Å². The maximum absolute atomic E-state index is 11.6. The number of halogens is 1. The molecule has 0 aliphatic heterocycles. The Kier molecular flexibility index (Phi) is 4.57. The predicted octanol–water partition coefficient (Wildman–Crippen LogP) is 2.64. The number of carboxylic acid groups (broad SMARTS) is 1. The molecule has 0 fully saturated rings. The topological polar surface area (TPSA) is 80.4 Å². The smallest absolute Gasteiger partial charge is 0.316 e. The first-order valence-corrected chi connectivity index (χ1v) is 7.61. The summed E-state index contributed by atoms with van der Waals surface area (Å²) in [4.78, 5) is 14.8. The Labute approximate surface area is 123 Å². The third kappa shape index (κ3) is 3.68. The van der Waals surface area contributed by atoms with Crippen molar-refractivity contribution < 1.29 is 18.5 Å². The van der Waals surface area contributed by atoms with E-state index in [1.54, 1.807) is 31.2 Å². The lowest BCUT2D eigenvalue weighted by Gasteiger charge is -1.96. The van der Waals surface area contributed by atoms with Crippen LogP contribution in [0.15, 0.2) is 28.7 Å². The average molecular weight is 314 g/mol. The van der Waals surface area contributed by atoms with E-state index in [1.165, 1.54) is 0 Å². The fraction of sp³-hybridized carbons (Fsp3) is 0.231. The van der Waals surface area contributed by atoms with Gasteiger partial charge in [-0.3, -0.25) is 9.00 Å². The Hall–Kier alpha value is -1.66. The van der Waals surface area contributed by atoms with Crippen LogP contribution < -0.4 is 0 Å². The third-order valence-electron chi connectivity index (χ3n) is 2.55. The molecule has 0 spiro atoms. The number of aryl methyl sites for hydroxylation is 1. The summed E-state index contributed by atoms with van der Waals surface area (Å²) in [7, 11) is -1.51. The van der Waals surface area contributed by atoms with Gasteiger partial charge in [0.2, 0.25) is 5.89 Å². The second kappa shape index (κ2) is 6.19. The molecule has 0 bridgehead atoms. The largest absolute Gasteiger partial charge is 0.481 e. The van der Waals surface area contributed by atoms with Gasteiger partial charge in [0.05, 0.1) is 11.4 Å². The summed E-state index contributed by atoms with van der Waals surface area (Å²) < 4.78 is 17.1. The number of carboxylic acids is 1. The number of carbonyl (C=O) groups is 1. The number of aromatic nitrogens is 1. The Morgan fingerprint density at radius 1 is 1.50 bits per heavy atom. The maximum Gasteiger partial charge on any atom is 0.316 e. The van der Waals surface area contributed by atoms with Crippen LogP contribution in [-0.4, -0.2) is 26.0 Å². The van der Waals surface area contributed by atoms with Crippen molar-refractivity contribution in [1.29, 1.82) is 0 Å². The summed E-state index contributed by atoms with van der Waals surface area (Å²) in [5.74, 6) is -0.536. The quantitative estimate of drug-likeness (QED) is 0.917. The van der Waals surface area contributed by atoms with Crippen molar-refractivity contribution in [2.45, 2.75) is 12.7 Å². The average Bonchev–Trinajstić information content (AvgIpc) is 2.70. The van der Waals surface area contributed by atoms with Crippen molar-refractivity contribution in [2.75, 3.05) is 5.75 Å². The molecule has 1 N–H and O–H groups in total. The van der Waals surface area contributed by atoms with E-state index in [1.807, 2.05) is 0 Å². The Morgan fingerprint density at radius 3 is 2.90 bits per heavy atom. The fourth-order valence-corrected chi connectivity index (χ4v) is 2.79. The SMILES string of the molecule is Cc1oc(-c2cccc(Cl)c2)nc1CS(=O)CC(=O)O. The predicted molar refractivity (Wildman–Crippen MR) is 76.0 cm³/mol. The highest BCUT2D eigenvalue weighted by Gasteiger charge is 2.15. The van der Waals surface area contributed by atoms with Crippen molar-refractivity contribution in [3.05, 3.63) is 40.7 Å². The highest BCUT2D eigenvalue weighted by Crippen LogP contribution is 2.24. The summed E-state index contributed by atoms with van der Waals surface area (Å²) in [6.07, 6.45) is 0. The molecule has 0 radical (unpaired) electrons. The number of oxazole rings is 1. The number of benzene rings is 1. The first-order valence-electron chi connectivity index (χ1n) is 5.74. The van der Waals surface area contributed by atoms with E-state index in [9.17, 15) is 9.00 Å². The second-order valence-electron chi connectivity index (χ2n) is 4.15. The monoisotopic (exact) mass is 313 g/mol. The van der Waals surface area contributed by atoms with Gasteiger partial charge < -0.3 is 9.52 Å². The van der Waals surface area contributed by atoms with Gasteiger partial charge in [-0.2, -0.15) is 0 Å². The van der Waals surface area contributed by atoms with Crippen molar-refractivity contribution in [3.8, 4) is 11.5 Å². The van der Waals surface area contributed by atoms with Crippen LogP contribution in [0.5, 0.6) is 0 Å². The maximum atomic E-state index is 11.6. The summed E-state index contributed by atoms with van der Waals surface area (Å²) in [5, 5.41) is 9.16. The summed E-state index contributed by atoms with van der Waals surface area (Å²) in [5.41, 5.74) is 1.22. The number of rotatable bonds is 5. The summed E-state index contributed by atoms with van der Waals surface area (Å²) in [6, 6.07) is 7.03. The van der Waals surface area contributed by atoms with Gasteiger partial charge in [0.15, 0.2) is 0 Å². The molecule has 1 atom stereocenters. The number of hydrogen-bond acceptors (Lipinski definition) is 4. The van der Waals surface area contributed by atoms with Crippen LogP contribution in [0.2, 0.25) is 5.02 Å². The molecule has 2 aromatic rings. The molecule has 7 heteroatoms. The normalized spacial score (nSPS) is 12.3.